The quantitative estimate of drug-likeness (QED) is 0.430. The van der Waals surface area contributed by atoms with E-state index >= 15 is 0 Å². The molecule has 3 aromatic carbocycles. The Morgan fingerprint density at radius 2 is 1.60 bits per heavy atom. The second-order valence-electron chi connectivity index (χ2n) is 5.20. The fourth-order valence-electron chi connectivity index (χ4n) is 2.30. The average Bonchev–Trinajstić information content (AvgIpc) is 2.63. The average molecular weight is 352 g/mol. The Balaban J connectivity index is 1.67. The van der Waals surface area contributed by atoms with Crippen molar-refractivity contribution in [2.45, 2.75) is 0 Å². The molecule has 0 aliphatic rings. The van der Waals surface area contributed by atoms with Crippen molar-refractivity contribution in [3.8, 4) is 0 Å². The van der Waals surface area contributed by atoms with Gasteiger partial charge in [-0.05, 0) is 17.5 Å². The highest BCUT2D eigenvalue weighted by atomic mass is 35.5. The molecule has 2 N–H and O–H groups in total. The maximum Gasteiger partial charge on any atom is 0.329 e. The predicted octanol–water partition coefficient (Wildman–Crippen LogP) is 3.58. The number of anilines is 1. The first-order valence-electron chi connectivity index (χ1n) is 7.52. The van der Waals surface area contributed by atoms with Crippen LogP contribution in [0, 0.1) is 0 Å². The number of carbonyl (C=O) groups excluding carboxylic acids is 2. The van der Waals surface area contributed by atoms with Crippen LogP contribution in [0.4, 0.5) is 5.69 Å². The summed E-state index contributed by atoms with van der Waals surface area (Å²) in [4.78, 5) is 23.9. The van der Waals surface area contributed by atoms with E-state index in [0.717, 1.165) is 10.8 Å². The van der Waals surface area contributed by atoms with E-state index in [-0.39, 0.29) is 0 Å². The van der Waals surface area contributed by atoms with E-state index in [1.807, 2.05) is 36.4 Å². The number of hydrogen-bond donors (Lipinski definition) is 2. The zero-order chi connectivity index (χ0) is 17.6. The largest absolute Gasteiger partial charge is 0.329 e. The molecule has 25 heavy (non-hydrogen) atoms. The smallest absolute Gasteiger partial charge is 0.317 e. The molecule has 3 rings (SSSR count). The normalized spacial score (nSPS) is 10.8. The van der Waals surface area contributed by atoms with E-state index in [4.69, 9.17) is 11.6 Å². The highest BCUT2D eigenvalue weighted by Crippen LogP contribution is 2.22. The van der Waals surface area contributed by atoms with E-state index in [0.29, 0.717) is 16.3 Å². The number of nitrogens with one attached hydrogen (secondary N) is 2. The molecule has 0 fully saturated rings. The molecule has 5 nitrogen and oxygen atoms in total. The van der Waals surface area contributed by atoms with Crippen molar-refractivity contribution >= 4 is 46.1 Å². The van der Waals surface area contributed by atoms with Gasteiger partial charge in [0, 0.05) is 21.7 Å². The van der Waals surface area contributed by atoms with Crippen LogP contribution in [0.25, 0.3) is 10.8 Å². The van der Waals surface area contributed by atoms with Crippen molar-refractivity contribution in [1.82, 2.24) is 5.43 Å². The third-order valence-corrected chi connectivity index (χ3v) is 3.86. The third-order valence-electron chi connectivity index (χ3n) is 3.52. The van der Waals surface area contributed by atoms with Crippen LogP contribution in [-0.4, -0.2) is 18.0 Å². The molecule has 0 bridgehead atoms. The summed E-state index contributed by atoms with van der Waals surface area (Å²) in [5.74, 6) is -1.66. The molecule has 6 heteroatoms. The van der Waals surface area contributed by atoms with E-state index in [1.54, 1.807) is 30.3 Å². The van der Waals surface area contributed by atoms with Crippen LogP contribution >= 0.6 is 11.6 Å². The molecule has 3 aromatic rings. The predicted molar refractivity (Wildman–Crippen MR) is 99.8 cm³/mol. The molecule has 0 saturated heterocycles. The number of carbonyl (C=O) groups is 2. The number of amides is 2. The molecule has 0 saturated carbocycles. The first kappa shape index (κ1) is 16.7. The Morgan fingerprint density at radius 3 is 2.44 bits per heavy atom. The van der Waals surface area contributed by atoms with Gasteiger partial charge in [-0.2, -0.15) is 5.10 Å². The number of halogens is 1. The van der Waals surface area contributed by atoms with E-state index < -0.39 is 11.8 Å². The first-order valence-corrected chi connectivity index (χ1v) is 7.89. The molecule has 0 aliphatic heterocycles. The summed E-state index contributed by atoms with van der Waals surface area (Å²) in [5, 5.41) is 8.67. The Morgan fingerprint density at radius 1 is 0.880 bits per heavy atom. The summed E-state index contributed by atoms with van der Waals surface area (Å²) < 4.78 is 0. The lowest BCUT2D eigenvalue weighted by Crippen LogP contribution is -2.32. The lowest BCUT2D eigenvalue weighted by molar-refractivity contribution is -0.136. The Kier molecular flexibility index (Phi) is 5.06. The van der Waals surface area contributed by atoms with E-state index in [9.17, 15) is 9.59 Å². The lowest BCUT2D eigenvalue weighted by atomic mass is 10.1. The van der Waals surface area contributed by atoms with Gasteiger partial charge in [0.2, 0.25) is 0 Å². The van der Waals surface area contributed by atoms with Gasteiger partial charge < -0.3 is 5.32 Å². The molecule has 0 unspecified atom stereocenters. The van der Waals surface area contributed by atoms with Gasteiger partial charge in [0.05, 0.1) is 6.21 Å². The van der Waals surface area contributed by atoms with E-state index in [2.05, 4.69) is 15.8 Å². The number of fused-ring (bicyclic) bond motifs is 1. The van der Waals surface area contributed by atoms with Gasteiger partial charge in [-0.1, -0.05) is 66.2 Å². The summed E-state index contributed by atoms with van der Waals surface area (Å²) in [6.45, 7) is 0. The molecule has 0 aliphatic carbocycles. The molecular weight excluding hydrogens is 338 g/mol. The standard InChI is InChI=1S/C19H14ClN3O2/c20-16-10-4-2-7-14(16)12-21-23-19(25)18(24)22-17-11-5-8-13-6-1-3-9-15(13)17/h1-12H,(H,22,24)(H,23,25)/b21-12+. The van der Waals surface area contributed by atoms with Gasteiger partial charge in [0.25, 0.3) is 0 Å². The monoisotopic (exact) mass is 351 g/mol. The molecule has 0 atom stereocenters. The topological polar surface area (TPSA) is 70.6 Å². The maximum atomic E-state index is 12.0. The summed E-state index contributed by atoms with van der Waals surface area (Å²) in [6.07, 6.45) is 1.38. The number of nitrogens with zero attached hydrogens (tertiary/aromatic N) is 1. The van der Waals surface area contributed by atoms with Crippen LogP contribution < -0.4 is 10.7 Å². The first-order chi connectivity index (χ1) is 12.1. The summed E-state index contributed by atoms with van der Waals surface area (Å²) in [5.41, 5.74) is 3.39. The molecule has 0 spiro atoms. The minimum atomic E-state index is -0.865. The van der Waals surface area contributed by atoms with Crippen LogP contribution in [-0.2, 0) is 9.59 Å². The third kappa shape index (κ3) is 4.02. The van der Waals surface area contributed by atoms with Crippen molar-refractivity contribution in [2.75, 3.05) is 5.32 Å². The van der Waals surface area contributed by atoms with Crippen LogP contribution in [0.15, 0.2) is 71.8 Å². The highest BCUT2D eigenvalue weighted by molar-refractivity contribution is 6.40. The Hall–Kier alpha value is -3.18. The zero-order valence-electron chi connectivity index (χ0n) is 13.1. The second-order valence-corrected chi connectivity index (χ2v) is 5.61. The zero-order valence-corrected chi connectivity index (χ0v) is 13.8. The molecule has 0 heterocycles. The van der Waals surface area contributed by atoms with Crippen molar-refractivity contribution in [1.29, 1.82) is 0 Å². The van der Waals surface area contributed by atoms with Crippen molar-refractivity contribution in [3.05, 3.63) is 77.3 Å². The molecule has 0 aromatic heterocycles. The fraction of sp³-hybridized carbons (Fsp3) is 0. The van der Waals surface area contributed by atoms with Gasteiger partial charge in [-0.15, -0.1) is 0 Å². The summed E-state index contributed by atoms with van der Waals surface area (Å²) in [7, 11) is 0. The lowest BCUT2D eigenvalue weighted by Gasteiger charge is -2.07. The van der Waals surface area contributed by atoms with Crippen LogP contribution in [0.5, 0.6) is 0 Å². The van der Waals surface area contributed by atoms with Crippen molar-refractivity contribution < 1.29 is 9.59 Å². The number of benzene rings is 3. The molecule has 0 radical (unpaired) electrons. The van der Waals surface area contributed by atoms with Gasteiger partial charge >= 0.3 is 11.8 Å². The number of rotatable bonds is 3. The Bertz CT molecular complexity index is 964. The van der Waals surface area contributed by atoms with Gasteiger partial charge in [0.1, 0.15) is 0 Å². The van der Waals surface area contributed by atoms with Gasteiger partial charge in [-0.3, -0.25) is 9.59 Å². The SMILES string of the molecule is O=C(N/N=C/c1ccccc1Cl)C(=O)Nc1cccc2ccccc12. The van der Waals surface area contributed by atoms with Crippen molar-refractivity contribution in [2.24, 2.45) is 5.10 Å². The van der Waals surface area contributed by atoms with Gasteiger partial charge in [0.15, 0.2) is 0 Å². The van der Waals surface area contributed by atoms with Crippen LogP contribution in [0.3, 0.4) is 0 Å². The van der Waals surface area contributed by atoms with Crippen molar-refractivity contribution in [3.63, 3.8) is 0 Å². The fourth-order valence-corrected chi connectivity index (χ4v) is 2.49. The second kappa shape index (κ2) is 7.59. The number of hydrazone groups is 1. The Labute approximate surface area is 149 Å². The summed E-state index contributed by atoms with van der Waals surface area (Å²) in [6, 6.07) is 20.1. The minimum absolute atomic E-state index is 0.501. The molecule has 124 valence electrons. The molecular formula is C19H14ClN3O2. The maximum absolute atomic E-state index is 12.0. The van der Waals surface area contributed by atoms with Crippen LogP contribution in [0.1, 0.15) is 5.56 Å². The summed E-state index contributed by atoms with van der Waals surface area (Å²) >= 11 is 5.98. The molecule has 2 amide bonds. The highest BCUT2D eigenvalue weighted by Gasteiger charge is 2.14. The minimum Gasteiger partial charge on any atom is -0.317 e. The van der Waals surface area contributed by atoms with E-state index in [1.165, 1.54) is 6.21 Å². The van der Waals surface area contributed by atoms with Crippen LogP contribution in [0.2, 0.25) is 5.02 Å². The number of hydrogen-bond acceptors (Lipinski definition) is 3. The van der Waals surface area contributed by atoms with Gasteiger partial charge in [-0.25, -0.2) is 5.43 Å².